The highest BCUT2D eigenvalue weighted by Gasteiger charge is 2.36. The van der Waals surface area contributed by atoms with E-state index in [4.69, 9.17) is 9.26 Å². The van der Waals surface area contributed by atoms with Gasteiger partial charge < -0.3 is 9.26 Å². The number of ether oxygens (including phenoxy) is 1. The number of H-pyrrole nitrogens is 1. The van der Waals surface area contributed by atoms with Gasteiger partial charge in [0.25, 0.3) is 5.56 Å². The van der Waals surface area contributed by atoms with Crippen LogP contribution in [0.1, 0.15) is 30.0 Å². The van der Waals surface area contributed by atoms with Crippen LogP contribution >= 0.6 is 0 Å². The number of hydrogen-bond acceptors (Lipinski definition) is 5. The number of aromatic amines is 1. The molecule has 1 fully saturated rings. The number of aromatic nitrogens is 3. The second-order valence-corrected chi connectivity index (χ2v) is 6.34. The largest absolute Gasteiger partial charge is 0.474 e. The Morgan fingerprint density at radius 3 is 2.59 bits per heavy atom. The third-order valence-electron chi connectivity index (χ3n) is 4.47. The van der Waals surface area contributed by atoms with Gasteiger partial charge in [0.15, 0.2) is 5.76 Å². The second kappa shape index (κ2) is 6.57. The maximum absolute atomic E-state index is 12.8. The number of nitrogens with zero attached hydrogens (tertiary/aromatic N) is 2. The van der Waals surface area contributed by atoms with E-state index in [0.29, 0.717) is 35.6 Å². The van der Waals surface area contributed by atoms with Crippen molar-refractivity contribution in [3.63, 3.8) is 0 Å². The smallest absolute Gasteiger partial charge is 0.433 e. The Hall–Kier alpha value is -3.10. The number of halogens is 3. The van der Waals surface area contributed by atoms with Crippen molar-refractivity contribution < 1.29 is 22.4 Å². The predicted octanol–water partition coefficient (Wildman–Crippen LogP) is 3.77. The van der Waals surface area contributed by atoms with Crippen LogP contribution in [0.3, 0.4) is 0 Å². The van der Waals surface area contributed by atoms with Crippen LogP contribution in [-0.2, 0) is 6.18 Å². The molecule has 3 aromatic heterocycles. The zero-order chi connectivity index (χ0) is 19.0. The molecule has 0 bridgehead atoms. The highest BCUT2D eigenvalue weighted by molar-refractivity contribution is 5.55. The first kappa shape index (κ1) is 17.3. The summed E-state index contributed by atoms with van der Waals surface area (Å²) in [6.45, 7) is 0. The highest BCUT2D eigenvalue weighted by Crippen LogP contribution is 2.40. The summed E-state index contributed by atoms with van der Waals surface area (Å²) < 4.78 is 49.0. The zero-order valence-electron chi connectivity index (χ0n) is 13.9. The Balaban J connectivity index is 1.36. The van der Waals surface area contributed by atoms with Crippen LogP contribution in [0.5, 0.6) is 5.88 Å². The normalized spacial score (nSPS) is 19.5. The summed E-state index contributed by atoms with van der Waals surface area (Å²) in [7, 11) is 0. The van der Waals surface area contributed by atoms with Gasteiger partial charge in [0.2, 0.25) is 5.88 Å². The molecule has 0 aliphatic heterocycles. The maximum Gasteiger partial charge on any atom is 0.433 e. The molecule has 0 radical (unpaired) electrons. The molecule has 0 atom stereocenters. The Bertz CT molecular complexity index is 989. The van der Waals surface area contributed by atoms with Crippen molar-refractivity contribution in [1.82, 2.24) is 15.1 Å². The summed E-state index contributed by atoms with van der Waals surface area (Å²) in [5.41, 5.74) is 0.0280. The number of hydrogen-bond donors (Lipinski definition) is 1. The molecule has 1 aliphatic rings. The lowest BCUT2D eigenvalue weighted by Crippen LogP contribution is -2.32. The monoisotopic (exact) mass is 377 g/mol. The topological polar surface area (TPSA) is 81.0 Å². The zero-order valence-corrected chi connectivity index (χ0v) is 13.9. The third-order valence-corrected chi connectivity index (χ3v) is 4.47. The number of alkyl halides is 3. The highest BCUT2D eigenvalue weighted by atomic mass is 19.4. The molecule has 0 aromatic carbocycles. The number of rotatable bonds is 4. The van der Waals surface area contributed by atoms with Crippen molar-refractivity contribution in [2.24, 2.45) is 0 Å². The molecule has 0 spiro atoms. The van der Waals surface area contributed by atoms with E-state index in [-0.39, 0.29) is 17.6 Å². The lowest BCUT2D eigenvalue weighted by Gasteiger charge is -2.35. The minimum Gasteiger partial charge on any atom is -0.474 e. The van der Waals surface area contributed by atoms with Crippen LogP contribution in [0.4, 0.5) is 13.2 Å². The first-order valence-corrected chi connectivity index (χ1v) is 8.23. The lowest BCUT2D eigenvalue weighted by atomic mass is 9.77. The second-order valence-electron chi connectivity index (χ2n) is 6.34. The molecule has 3 aromatic rings. The van der Waals surface area contributed by atoms with Gasteiger partial charge in [0.05, 0.1) is 6.07 Å². The minimum absolute atomic E-state index is 0.00695. The maximum atomic E-state index is 12.8. The summed E-state index contributed by atoms with van der Waals surface area (Å²) in [5.74, 6) is 0.791. The molecule has 0 saturated heterocycles. The first-order valence-electron chi connectivity index (χ1n) is 8.23. The van der Waals surface area contributed by atoms with Gasteiger partial charge >= 0.3 is 6.18 Å². The number of pyridine rings is 2. The van der Waals surface area contributed by atoms with Crippen LogP contribution in [0.15, 0.2) is 52.0 Å². The van der Waals surface area contributed by atoms with Gasteiger partial charge in [-0.2, -0.15) is 18.3 Å². The average Bonchev–Trinajstić information content (AvgIpc) is 3.04. The fraction of sp³-hybridized carbons (Fsp3) is 0.278. The molecule has 1 saturated carbocycles. The van der Waals surface area contributed by atoms with Crippen LogP contribution in [0, 0.1) is 0 Å². The van der Waals surface area contributed by atoms with E-state index in [1.807, 2.05) is 0 Å². The molecule has 6 nitrogen and oxygen atoms in total. The van der Waals surface area contributed by atoms with Crippen molar-refractivity contribution >= 4 is 0 Å². The van der Waals surface area contributed by atoms with Crippen molar-refractivity contribution in [3.8, 4) is 17.2 Å². The molecule has 4 rings (SSSR count). The van der Waals surface area contributed by atoms with E-state index >= 15 is 0 Å². The molecule has 0 amide bonds. The lowest BCUT2D eigenvalue weighted by molar-refractivity contribution is -0.141. The van der Waals surface area contributed by atoms with Gasteiger partial charge in [0, 0.05) is 24.0 Å². The molecular weight excluding hydrogens is 363 g/mol. The summed E-state index contributed by atoms with van der Waals surface area (Å²) >= 11 is 0. The molecule has 3 heterocycles. The summed E-state index contributed by atoms with van der Waals surface area (Å²) in [6, 6.07) is 7.39. The van der Waals surface area contributed by atoms with E-state index in [0.717, 1.165) is 6.07 Å². The van der Waals surface area contributed by atoms with E-state index in [9.17, 15) is 18.0 Å². The average molecular weight is 377 g/mol. The van der Waals surface area contributed by atoms with Gasteiger partial charge in [-0.05, 0) is 42.5 Å². The molecule has 1 aliphatic carbocycles. The Morgan fingerprint density at radius 2 is 1.96 bits per heavy atom. The molecule has 9 heteroatoms. The van der Waals surface area contributed by atoms with Crippen LogP contribution in [0.25, 0.3) is 11.3 Å². The van der Waals surface area contributed by atoms with E-state index < -0.39 is 11.9 Å². The van der Waals surface area contributed by atoms with Crippen LogP contribution in [-0.4, -0.2) is 21.2 Å². The SMILES string of the molecule is O=c1cc(-c2ccc(OC3CC(c4ccnc(C(F)(F)F)c4)C3)nc2)o[nH]1. The summed E-state index contributed by atoms with van der Waals surface area (Å²) in [5, 5.41) is 2.20. The quantitative estimate of drug-likeness (QED) is 0.749. The predicted molar refractivity (Wildman–Crippen MR) is 88.2 cm³/mol. The van der Waals surface area contributed by atoms with Gasteiger partial charge in [-0.3, -0.25) is 9.78 Å². The molecule has 0 unspecified atom stereocenters. The summed E-state index contributed by atoms with van der Waals surface area (Å²) in [4.78, 5) is 18.6. The molecular formula is C18H14F3N3O3. The summed E-state index contributed by atoms with van der Waals surface area (Å²) in [6.07, 6.45) is -0.627. The van der Waals surface area contributed by atoms with Gasteiger partial charge in [-0.15, -0.1) is 0 Å². The Kier molecular flexibility index (Phi) is 4.21. The van der Waals surface area contributed by atoms with Gasteiger partial charge in [-0.25, -0.2) is 4.98 Å². The Morgan fingerprint density at radius 1 is 1.15 bits per heavy atom. The van der Waals surface area contributed by atoms with Crippen molar-refractivity contribution in [3.05, 3.63) is 64.3 Å². The number of nitrogens with one attached hydrogen (secondary N) is 1. The van der Waals surface area contributed by atoms with Crippen LogP contribution < -0.4 is 10.3 Å². The first-order chi connectivity index (χ1) is 12.9. The molecule has 1 N–H and O–H groups in total. The molecule has 27 heavy (non-hydrogen) atoms. The standard InChI is InChI=1S/C18H14F3N3O3/c19-18(20,21)15-7-10(3-4-22-15)12-5-13(6-12)26-17-2-1-11(9-23-17)14-8-16(25)24-27-14/h1-4,7-9,12-13H,5-6H2,(H,24,25). The van der Waals surface area contributed by atoms with Gasteiger partial charge in [-0.1, -0.05) is 0 Å². The minimum atomic E-state index is -4.44. The van der Waals surface area contributed by atoms with E-state index in [1.54, 1.807) is 18.2 Å². The van der Waals surface area contributed by atoms with Crippen molar-refractivity contribution in [1.29, 1.82) is 0 Å². The van der Waals surface area contributed by atoms with Gasteiger partial charge in [0.1, 0.15) is 11.8 Å². The van der Waals surface area contributed by atoms with Crippen molar-refractivity contribution in [2.75, 3.05) is 0 Å². The van der Waals surface area contributed by atoms with Crippen molar-refractivity contribution in [2.45, 2.75) is 31.0 Å². The molecule has 140 valence electrons. The van der Waals surface area contributed by atoms with E-state index in [1.165, 1.54) is 18.5 Å². The fourth-order valence-electron chi connectivity index (χ4n) is 2.98. The third kappa shape index (κ3) is 3.71. The fourth-order valence-corrected chi connectivity index (χ4v) is 2.98. The Labute approximate surface area is 151 Å². The van der Waals surface area contributed by atoms with Crippen LogP contribution in [0.2, 0.25) is 0 Å². The van der Waals surface area contributed by atoms with E-state index in [2.05, 4.69) is 15.1 Å².